The van der Waals surface area contributed by atoms with Gasteiger partial charge in [-0.25, -0.2) is 0 Å². The van der Waals surface area contributed by atoms with Crippen LogP contribution < -0.4 is 5.32 Å². The van der Waals surface area contributed by atoms with Gasteiger partial charge in [-0.3, -0.25) is 0 Å². The zero-order chi connectivity index (χ0) is 7.90. The van der Waals surface area contributed by atoms with E-state index >= 15 is 0 Å². The summed E-state index contributed by atoms with van der Waals surface area (Å²) in [7, 11) is 0. The van der Waals surface area contributed by atoms with Gasteiger partial charge in [0.05, 0.1) is 5.71 Å². The molecular weight excluding hydrogens is 140 g/mol. The van der Waals surface area contributed by atoms with Crippen molar-refractivity contribution in [1.29, 1.82) is 0 Å². The molecule has 0 aromatic heterocycles. The average molecular weight is 154 g/mol. The summed E-state index contributed by atoms with van der Waals surface area (Å²) in [4.78, 5) is 5.41. The Balaban J connectivity index is 2.05. The van der Waals surface area contributed by atoms with E-state index in [1.807, 2.05) is 6.92 Å². The van der Waals surface area contributed by atoms with Crippen LogP contribution in [0.15, 0.2) is 5.16 Å². The molecule has 2 rings (SSSR count). The van der Waals surface area contributed by atoms with Crippen molar-refractivity contribution in [3.05, 3.63) is 0 Å². The fourth-order valence-corrected chi connectivity index (χ4v) is 1.97. The van der Waals surface area contributed by atoms with E-state index < -0.39 is 0 Å². The van der Waals surface area contributed by atoms with Gasteiger partial charge in [0.15, 0.2) is 5.60 Å². The summed E-state index contributed by atoms with van der Waals surface area (Å²) < 4.78 is 0. The Morgan fingerprint density at radius 2 is 2.55 bits per heavy atom. The molecule has 62 valence electrons. The normalized spacial score (nSPS) is 42.7. The minimum Gasteiger partial charge on any atom is -0.387 e. The van der Waals surface area contributed by atoms with Crippen molar-refractivity contribution in [2.45, 2.75) is 38.3 Å². The third-order valence-electron chi connectivity index (χ3n) is 2.42. The van der Waals surface area contributed by atoms with Gasteiger partial charge < -0.3 is 10.2 Å². The van der Waals surface area contributed by atoms with Crippen LogP contribution >= 0.6 is 0 Å². The molecule has 11 heavy (non-hydrogen) atoms. The fourth-order valence-electron chi connectivity index (χ4n) is 1.97. The minimum atomic E-state index is 0.0174. The van der Waals surface area contributed by atoms with Gasteiger partial charge in [-0.2, -0.15) is 0 Å². The van der Waals surface area contributed by atoms with E-state index in [1.165, 1.54) is 0 Å². The molecule has 2 heterocycles. The number of nitrogens with one attached hydrogen (secondary N) is 1. The third-order valence-corrected chi connectivity index (χ3v) is 2.42. The molecule has 1 spiro atoms. The van der Waals surface area contributed by atoms with Crippen LogP contribution in [0.5, 0.6) is 0 Å². The number of oxime groups is 1. The average Bonchev–Trinajstić information content (AvgIpc) is 2.44. The lowest BCUT2D eigenvalue weighted by molar-refractivity contribution is -0.00349. The van der Waals surface area contributed by atoms with Gasteiger partial charge >= 0.3 is 0 Å². The predicted molar refractivity (Wildman–Crippen MR) is 43.6 cm³/mol. The van der Waals surface area contributed by atoms with Crippen molar-refractivity contribution in [2.24, 2.45) is 5.16 Å². The Bertz CT molecular complexity index is 202. The standard InChI is InChI=1S/C8H14N2O/c1-6-3-8(5-9-6)4-7(2)10-11-8/h6,9H,3-5H2,1-2H3. The van der Waals surface area contributed by atoms with Gasteiger partial charge in [-0.05, 0) is 13.8 Å². The molecule has 0 aliphatic carbocycles. The highest BCUT2D eigenvalue weighted by Crippen LogP contribution is 2.31. The van der Waals surface area contributed by atoms with E-state index in [9.17, 15) is 0 Å². The molecule has 2 atom stereocenters. The molecule has 3 nitrogen and oxygen atoms in total. The second-order valence-electron chi connectivity index (χ2n) is 3.76. The number of hydrogen-bond donors (Lipinski definition) is 1. The number of hydrogen-bond acceptors (Lipinski definition) is 3. The summed E-state index contributed by atoms with van der Waals surface area (Å²) in [6, 6.07) is 0.580. The first kappa shape index (κ1) is 7.10. The summed E-state index contributed by atoms with van der Waals surface area (Å²) in [6.45, 7) is 5.17. The molecule has 0 aromatic rings. The third kappa shape index (κ3) is 1.13. The maximum absolute atomic E-state index is 5.41. The molecule has 2 aliphatic rings. The largest absolute Gasteiger partial charge is 0.387 e. The van der Waals surface area contributed by atoms with Gasteiger partial charge in [-0.1, -0.05) is 5.16 Å². The van der Waals surface area contributed by atoms with Crippen molar-refractivity contribution >= 4 is 5.71 Å². The zero-order valence-electron chi connectivity index (χ0n) is 7.05. The second-order valence-corrected chi connectivity index (χ2v) is 3.76. The molecular formula is C8H14N2O. The molecule has 0 radical (unpaired) electrons. The van der Waals surface area contributed by atoms with Crippen LogP contribution in [0.25, 0.3) is 0 Å². The topological polar surface area (TPSA) is 33.6 Å². The summed E-state index contributed by atoms with van der Waals surface area (Å²) in [5.74, 6) is 0. The molecule has 1 N–H and O–H groups in total. The molecule has 2 aliphatic heterocycles. The van der Waals surface area contributed by atoms with Crippen LogP contribution in [-0.4, -0.2) is 23.9 Å². The Morgan fingerprint density at radius 3 is 3.00 bits per heavy atom. The van der Waals surface area contributed by atoms with E-state index in [2.05, 4.69) is 17.4 Å². The van der Waals surface area contributed by atoms with Gasteiger partial charge in [0, 0.05) is 25.4 Å². The van der Waals surface area contributed by atoms with Gasteiger partial charge in [0.25, 0.3) is 0 Å². The fraction of sp³-hybridized carbons (Fsp3) is 0.875. The van der Waals surface area contributed by atoms with Crippen molar-refractivity contribution < 1.29 is 4.84 Å². The zero-order valence-corrected chi connectivity index (χ0v) is 7.05. The number of nitrogens with zero attached hydrogens (tertiary/aromatic N) is 1. The lowest BCUT2D eigenvalue weighted by atomic mass is 9.95. The van der Waals surface area contributed by atoms with Crippen LogP contribution in [0.3, 0.4) is 0 Å². The summed E-state index contributed by atoms with van der Waals surface area (Å²) >= 11 is 0. The van der Waals surface area contributed by atoms with Gasteiger partial charge in [-0.15, -0.1) is 0 Å². The van der Waals surface area contributed by atoms with Crippen molar-refractivity contribution in [1.82, 2.24) is 5.32 Å². The maximum Gasteiger partial charge on any atom is 0.156 e. The first-order chi connectivity index (χ1) is 5.20. The van der Waals surface area contributed by atoms with E-state index in [4.69, 9.17) is 4.84 Å². The van der Waals surface area contributed by atoms with Crippen molar-refractivity contribution in [3.8, 4) is 0 Å². The molecule has 3 heteroatoms. The molecule has 0 saturated carbocycles. The Kier molecular flexibility index (Phi) is 1.42. The lowest BCUT2D eigenvalue weighted by Gasteiger charge is -2.18. The van der Waals surface area contributed by atoms with Crippen LogP contribution in [0.1, 0.15) is 26.7 Å². The maximum atomic E-state index is 5.41. The first-order valence-corrected chi connectivity index (χ1v) is 4.15. The molecule has 2 unspecified atom stereocenters. The molecule has 0 amide bonds. The predicted octanol–water partition coefficient (Wildman–Crippen LogP) is 0.903. The highest BCUT2D eigenvalue weighted by Gasteiger charge is 2.43. The summed E-state index contributed by atoms with van der Waals surface area (Å²) in [6.07, 6.45) is 2.10. The molecule has 0 aromatic carbocycles. The van der Waals surface area contributed by atoms with Crippen molar-refractivity contribution in [3.63, 3.8) is 0 Å². The highest BCUT2D eigenvalue weighted by molar-refractivity contribution is 5.83. The smallest absolute Gasteiger partial charge is 0.156 e. The number of rotatable bonds is 0. The lowest BCUT2D eigenvalue weighted by Crippen LogP contribution is -2.31. The molecule has 1 saturated heterocycles. The SMILES string of the molecule is CC1=NOC2(CNC(C)C2)C1. The molecule has 1 fully saturated rings. The van der Waals surface area contributed by atoms with Crippen LogP contribution in [0.4, 0.5) is 0 Å². The monoisotopic (exact) mass is 154 g/mol. The minimum absolute atomic E-state index is 0.0174. The highest BCUT2D eigenvalue weighted by atomic mass is 16.7. The van der Waals surface area contributed by atoms with E-state index in [-0.39, 0.29) is 5.60 Å². The van der Waals surface area contributed by atoms with Crippen LogP contribution in [0, 0.1) is 0 Å². The summed E-state index contributed by atoms with van der Waals surface area (Å²) in [5, 5.41) is 7.36. The van der Waals surface area contributed by atoms with Gasteiger partial charge in [0.1, 0.15) is 0 Å². The van der Waals surface area contributed by atoms with E-state index in [1.54, 1.807) is 0 Å². The quantitative estimate of drug-likeness (QED) is 0.562. The summed E-state index contributed by atoms with van der Waals surface area (Å²) in [5.41, 5.74) is 1.14. The molecule has 0 bridgehead atoms. The Morgan fingerprint density at radius 1 is 1.73 bits per heavy atom. The van der Waals surface area contributed by atoms with E-state index in [0.717, 1.165) is 25.1 Å². The van der Waals surface area contributed by atoms with Crippen LogP contribution in [0.2, 0.25) is 0 Å². The first-order valence-electron chi connectivity index (χ1n) is 4.15. The Hall–Kier alpha value is -0.570. The Labute approximate surface area is 66.8 Å². The van der Waals surface area contributed by atoms with E-state index in [0.29, 0.717) is 6.04 Å². The van der Waals surface area contributed by atoms with Crippen LogP contribution in [-0.2, 0) is 4.84 Å². The van der Waals surface area contributed by atoms with Gasteiger partial charge in [0.2, 0.25) is 0 Å². The second kappa shape index (κ2) is 2.21. The van der Waals surface area contributed by atoms with Crippen molar-refractivity contribution in [2.75, 3.05) is 6.54 Å².